The molecule has 1 saturated heterocycles. The van der Waals surface area contributed by atoms with E-state index in [1.165, 1.54) is 0 Å². The maximum absolute atomic E-state index is 13.5. The van der Waals surface area contributed by atoms with Crippen molar-refractivity contribution in [2.45, 2.75) is 52.7 Å². The molecule has 190 valence electrons. The first-order valence-corrected chi connectivity index (χ1v) is 12.6. The second kappa shape index (κ2) is 9.89. The van der Waals surface area contributed by atoms with Crippen LogP contribution in [0.3, 0.4) is 0 Å². The fourth-order valence-corrected chi connectivity index (χ4v) is 5.09. The summed E-state index contributed by atoms with van der Waals surface area (Å²) in [6.07, 6.45) is 2.00. The Morgan fingerprint density at radius 2 is 1.89 bits per heavy atom. The van der Waals surface area contributed by atoms with Crippen molar-refractivity contribution < 1.29 is 19.1 Å². The Balaban J connectivity index is 1.36. The lowest BCUT2D eigenvalue weighted by atomic mass is 10.00. The van der Waals surface area contributed by atoms with Gasteiger partial charge in [-0.2, -0.15) is 5.10 Å². The van der Waals surface area contributed by atoms with Crippen molar-refractivity contribution in [1.29, 1.82) is 0 Å². The molecular weight excluding hydrogens is 458 g/mol. The number of carbonyl (C=O) groups is 2. The number of nitrogens with zero attached hydrogens (tertiary/aromatic N) is 5. The molecule has 5 rings (SSSR count). The molecule has 1 fully saturated rings. The van der Waals surface area contributed by atoms with Gasteiger partial charge in [0.15, 0.2) is 11.8 Å². The van der Waals surface area contributed by atoms with E-state index in [0.29, 0.717) is 50.6 Å². The van der Waals surface area contributed by atoms with Gasteiger partial charge in [-0.05, 0) is 57.4 Å². The van der Waals surface area contributed by atoms with Gasteiger partial charge in [-0.3, -0.25) is 9.59 Å². The highest BCUT2D eigenvalue weighted by Gasteiger charge is 2.36. The average molecular weight is 492 g/mol. The van der Waals surface area contributed by atoms with E-state index >= 15 is 0 Å². The third kappa shape index (κ3) is 4.43. The van der Waals surface area contributed by atoms with Gasteiger partial charge >= 0.3 is 0 Å². The molecule has 3 aromatic rings. The van der Waals surface area contributed by atoms with Crippen LogP contribution in [0.5, 0.6) is 5.75 Å². The van der Waals surface area contributed by atoms with Gasteiger partial charge in [-0.25, -0.2) is 9.67 Å². The maximum Gasteiger partial charge on any atom is 0.265 e. The summed E-state index contributed by atoms with van der Waals surface area (Å²) >= 11 is 0. The normalized spacial score (nSPS) is 17.9. The van der Waals surface area contributed by atoms with Gasteiger partial charge < -0.3 is 19.3 Å². The molecule has 0 aliphatic carbocycles. The third-order valence-corrected chi connectivity index (χ3v) is 7.09. The van der Waals surface area contributed by atoms with Crippen molar-refractivity contribution >= 4 is 28.5 Å². The highest BCUT2D eigenvalue weighted by molar-refractivity contribution is 5.97. The topological polar surface area (TPSA) is 89.8 Å². The van der Waals surface area contributed by atoms with Crippen LogP contribution in [0.4, 0.5) is 5.69 Å². The van der Waals surface area contributed by atoms with E-state index in [9.17, 15) is 9.59 Å². The first kappa shape index (κ1) is 24.2. The number of morpholine rings is 1. The highest BCUT2D eigenvalue weighted by Crippen LogP contribution is 2.34. The molecule has 2 aromatic heterocycles. The van der Waals surface area contributed by atoms with Crippen LogP contribution in [0, 0.1) is 13.8 Å². The van der Waals surface area contributed by atoms with E-state index in [1.807, 2.05) is 42.1 Å². The third-order valence-electron chi connectivity index (χ3n) is 7.09. The molecule has 2 amide bonds. The Labute approximate surface area is 211 Å². The molecule has 0 bridgehead atoms. The van der Waals surface area contributed by atoms with Crippen molar-refractivity contribution in [3.8, 4) is 5.75 Å². The smallest absolute Gasteiger partial charge is 0.265 e. The average Bonchev–Trinajstić information content (AvgIpc) is 3.32. The fourth-order valence-electron chi connectivity index (χ4n) is 5.09. The summed E-state index contributed by atoms with van der Waals surface area (Å²) in [5.74, 6) is 0.414. The van der Waals surface area contributed by atoms with Crippen LogP contribution in [0.2, 0.25) is 0 Å². The molecule has 0 spiro atoms. The number of carbonyl (C=O) groups excluding carboxylic acids is 2. The van der Waals surface area contributed by atoms with E-state index in [4.69, 9.17) is 14.5 Å². The van der Waals surface area contributed by atoms with E-state index in [1.54, 1.807) is 9.80 Å². The van der Waals surface area contributed by atoms with Crippen LogP contribution in [0.25, 0.3) is 11.0 Å². The van der Waals surface area contributed by atoms with Crippen molar-refractivity contribution in [3.63, 3.8) is 0 Å². The standard InChI is InChI=1S/C27H33N5O4/c1-17(2)32-26-21(15-28-32)18(3)20(19(4)29-26)9-10-25(33)31-16-24(27(34)30-11-13-35-14-12-30)36-23-8-6-5-7-22(23)31/h5-8,15,17,24H,9-14,16H2,1-4H3/t24-/m0/s1. The van der Waals surface area contributed by atoms with E-state index < -0.39 is 6.10 Å². The van der Waals surface area contributed by atoms with E-state index in [2.05, 4.69) is 25.9 Å². The predicted octanol–water partition coefficient (Wildman–Crippen LogP) is 3.21. The zero-order chi connectivity index (χ0) is 25.4. The molecule has 2 aliphatic heterocycles. The molecule has 36 heavy (non-hydrogen) atoms. The SMILES string of the molecule is Cc1nc2c(cnn2C(C)C)c(C)c1CCC(=O)N1C[C@@H](C(=O)N2CCOCC2)Oc2ccccc21. The van der Waals surface area contributed by atoms with Gasteiger partial charge in [0.25, 0.3) is 5.91 Å². The van der Waals surface area contributed by atoms with E-state index in [0.717, 1.165) is 27.9 Å². The molecule has 2 aliphatic rings. The fraction of sp³-hybridized carbons (Fsp3) is 0.481. The lowest BCUT2D eigenvalue weighted by Gasteiger charge is -2.37. The van der Waals surface area contributed by atoms with Gasteiger partial charge in [0.05, 0.1) is 31.6 Å². The number of pyridine rings is 1. The summed E-state index contributed by atoms with van der Waals surface area (Å²) in [6, 6.07) is 7.63. The monoisotopic (exact) mass is 491 g/mol. The quantitative estimate of drug-likeness (QED) is 0.545. The van der Waals surface area contributed by atoms with Crippen molar-refractivity contribution in [1.82, 2.24) is 19.7 Å². The maximum atomic E-state index is 13.5. The minimum atomic E-state index is -0.731. The number of para-hydroxylation sites is 2. The van der Waals surface area contributed by atoms with Gasteiger partial charge in [0.2, 0.25) is 5.91 Å². The van der Waals surface area contributed by atoms with Crippen LogP contribution in [-0.2, 0) is 20.7 Å². The number of amides is 2. The highest BCUT2D eigenvalue weighted by atomic mass is 16.5. The Morgan fingerprint density at radius 3 is 2.64 bits per heavy atom. The molecule has 1 atom stereocenters. The summed E-state index contributed by atoms with van der Waals surface area (Å²) in [5.41, 5.74) is 4.68. The minimum absolute atomic E-state index is 0.0395. The van der Waals surface area contributed by atoms with Crippen LogP contribution in [-0.4, -0.2) is 70.4 Å². The lowest BCUT2D eigenvalue weighted by molar-refractivity contribution is -0.142. The van der Waals surface area contributed by atoms with Crippen molar-refractivity contribution in [3.05, 3.63) is 47.3 Å². The number of hydrogen-bond acceptors (Lipinski definition) is 6. The molecular formula is C27H33N5O4. The van der Waals surface area contributed by atoms with E-state index in [-0.39, 0.29) is 24.4 Å². The zero-order valence-corrected chi connectivity index (χ0v) is 21.4. The summed E-state index contributed by atoms with van der Waals surface area (Å²) in [7, 11) is 0. The minimum Gasteiger partial charge on any atom is -0.476 e. The van der Waals surface area contributed by atoms with Gasteiger partial charge in [0.1, 0.15) is 5.75 Å². The molecule has 1 aromatic carbocycles. The molecule has 0 unspecified atom stereocenters. The zero-order valence-electron chi connectivity index (χ0n) is 21.4. The van der Waals surface area contributed by atoms with Crippen molar-refractivity contribution in [2.24, 2.45) is 0 Å². The summed E-state index contributed by atoms with van der Waals surface area (Å²) in [4.78, 5) is 35.0. The number of benzene rings is 1. The summed E-state index contributed by atoms with van der Waals surface area (Å²) in [6.45, 7) is 10.5. The Morgan fingerprint density at radius 1 is 1.14 bits per heavy atom. The second-order valence-electron chi connectivity index (χ2n) is 9.74. The van der Waals surface area contributed by atoms with Crippen LogP contribution in [0.1, 0.15) is 43.1 Å². The number of hydrogen-bond donors (Lipinski definition) is 0. The lowest BCUT2D eigenvalue weighted by Crippen LogP contribution is -2.54. The summed E-state index contributed by atoms with van der Waals surface area (Å²) < 4.78 is 13.4. The molecule has 9 heteroatoms. The first-order valence-electron chi connectivity index (χ1n) is 12.6. The second-order valence-corrected chi connectivity index (χ2v) is 9.74. The van der Waals surface area contributed by atoms with Gasteiger partial charge in [-0.15, -0.1) is 0 Å². The Hall–Kier alpha value is -3.46. The molecule has 0 radical (unpaired) electrons. The number of fused-ring (bicyclic) bond motifs is 2. The summed E-state index contributed by atoms with van der Waals surface area (Å²) in [5, 5.41) is 5.53. The number of aromatic nitrogens is 3. The number of anilines is 1. The van der Waals surface area contributed by atoms with Gasteiger partial charge in [-0.1, -0.05) is 12.1 Å². The van der Waals surface area contributed by atoms with Crippen LogP contribution >= 0.6 is 0 Å². The number of rotatable bonds is 5. The molecule has 9 nitrogen and oxygen atoms in total. The van der Waals surface area contributed by atoms with Crippen LogP contribution < -0.4 is 9.64 Å². The van der Waals surface area contributed by atoms with Gasteiger partial charge in [0, 0.05) is 36.6 Å². The Bertz CT molecular complexity index is 1290. The largest absolute Gasteiger partial charge is 0.476 e. The number of aryl methyl sites for hydroxylation is 2. The number of ether oxygens (including phenoxy) is 2. The molecule has 0 N–H and O–H groups in total. The van der Waals surface area contributed by atoms with Crippen LogP contribution in [0.15, 0.2) is 30.5 Å². The van der Waals surface area contributed by atoms with Crippen molar-refractivity contribution in [2.75, 3.05) is 37.7 Å². The molecule has 0 saturated carbocycles. The first-order chi connectivity index (χ1) is 17.3. The Kier molecular flexibility index (Phi) is 6.66. The molecule has 4 heterocycles. The predicted molar refractivity (Wildman–Crippen MR) is 136 cm³/mol.